The molecule has 0 saturated carbocycles. The molecule has 0 aliphatic carbocycles. The first kappa shape index (κ1) is 11.8. The molecule has 0 amide bonds. The van der Waals surface area contributed by atoms with Gasteiger partial charge in [-0.1, -0.05) is 6.92 Å². The first-order chi connectivity index (χ1) is 7.05. The smallest absolute Gasteiger partial charge is 0.167 e. The minimum absolute atomic E-state index is 0.113. The largest absolute Gasteiger partial charge is 0.375 e. The van der Waals surface area contributed by atoms with Crippen molar-refractivity contribution in [3.8, 4) is 0 Å². The topological polar surface area (TPSA) is 27.7 Å². The van der Waals surface area contributed by atoms with E-state index in [1.54, 1.807) is 7.85 Å². The Morgan fingerprint density at radius 2 is 2.20 bits per heavy atom. The maximum atomic E-state index is 13.8. The van der Waals surface area contributed by atoms with Gasteiger partial charge in [-0.25, -0.2) is 4.39 Å². The van der Waals surface area contributed by atoms with Gasteiger partial charge in [0.25, 0.3) is 0 Å². The minimum Gasteiger partial charge on any atom is -0.375 e. The van der Waals surface area contributed by atoms with Crippen molar-refractivity contribution in [3.63, 3.8) is 0 Å². The molecule has 0 N–H and O–H groups in total. The molecule has 2 fully saturated rings. The molecule has 2 aliphatic heterocycles. The van der Waals surface area contributed by atoms with Gasteiger partial charge in [-0.3, -0.25) is 0 Å². The fourth-order valence-corrected chi connectivity index (χ4v) is 3.17. The summed E-state index contributed by atoms with van der Waals surface area (Å²) in [6, 6.07) is -0.329. The number of hydrogen-bond acceptors (Lipinski definition) is 3. The van der Waals surface area contributed by atoms with Crippen LogP contribution in [0.5, 0.6) is 0 Å². The maximum Gasteiger partial charge on any atom is 0.167 e. The molecule has 2 saturated heterocycles. The third-order valence-electron chi connectivity index (χ3n) is 3.47. The predicted molar refractivity (Wildman–Crippen MR) is 59.6 cm³/mol. The lowest BCUT2D eigenvalue weighted by Crippen LogP contribution is -2.40. The molecule has 0 aromatic heterocycles. The Morgan fingerprint density at radius 3 is 2.80 bits per heavy atom. The predicted octanol–water partition coefficient (Wildman–Crippen LogP) is 1.07. The second kappa shape index (κ2) is 4.29. The Kier molecular flexibility index (Phi) is 3.37. The van der Waals surface area contributed by atoms with E-state index in [1.165, 1.54) is 0 Å². The summed E-state index contributed by atoms with van der Waals surface area (Å²) in [6.45, 7) is 4.89. The normalized spacial score (nSPS) is 51.9. The van der Waals surface area contributed by atoms with Crippen molar-refractivity contribution in [2.75, 3.05) is 19.9 Å². The van der Waals surface area contributed by atoms with Gasteiger partial charge in [-0.05, 0) is 0 Å². The molecule has 6 heteroatoms. The lowest BCUT2D eigenvalue weighted by atomic mass is 9.82. The number of rotatable bonds is 0. The number of alkyl halides is 1. The fourth-order valence-electron chi connectivity index (χ4n) is 2.35. The first-order valence-corrected chi connectivity index (χ1v) is 6.99. The molecule has 5 atom stereocenters. The summed E-state index contributed by atoms with van der Waals surface area (Å²) in [5, 5.41) is 0. The van der Waals surface area contributed by atoms with Gasteiger partial charge in [0.2, 0.25) is 0 Å². The van der Waals surface area contributed by atoms with Gasteiger partial charge in [0, 0.05) is 19.0 Å². The molecule has 0 radical (unpaired) electrons. The highest BCUT2D eigenvalue weighted by atomic mass is 31.2. The molecule has 0 bridgehead atoms. The lowest BCUT2D eigenvalue weighted by molar-refractivity contribution is -0.0620. The van der Waals surface area contributed by atoms with E-state index >= 15 is 0 Å². The average Bonchev–Trinajstić information content (AvgIpc) is 2.39. The highest BCUT2D eigenvalue weighted by Gasteiger charge is 2.52. The van der Waals surface area contributed by atoms with E-state index in [4.69, 9.17) is 13.8 Å². The third-order valence-corrected chi connectivity index (χ3v) is 4.50. The molecule has 1 spiro atoms. The highest BCUT2D eigenvalue weighted by molar-refractivity contribution is 7.46. The zero-order valence-electron chi connectivity index (χ0n) is 9.40. The van der Waals surface area contributed by atoms with Gasteiger partial charge in [0.15, 0.2) is 8.38 Å². The molecule has 2 rings (SSSR count). The monoisotopic (exact) mass is 234 g/mol. The van der Waals surface area contributed by atoms with Crippen molar-refractivity contribution in [2.45, 2.75) is 31.1 Å². The zero-order chi connectivity index (χ0) is 11.1. The van der Waals surface area contributed by atoms with E-state index in [9.17, 15) is 4.39 Å². The van der Waals surface area contributed by atoms with Crippen LogP contribution in [0.3, 0.4) is 0 Å². The fraction of sp³-hybridized carbons (Fsp3) is 1.00. The number of ether oxygens (including phenoxy) is 1. The SMILES string of the molecule is B[C@@H]1O[C@@]2(CCOP(C)OC2)[C@H](C)C1F. The van der Waals surface area contributed by atoms with Crippen LogP contribution >= 0.6 is 8.38 Å². The van der Waals surface area contributed by atoms with Crippen LogP contribution in [-0.2, 0) is 13.8 Å². The van der Waals surface area contributed by atoms with Crippen molar-refractivity contribution in [2.24, 2.45) is 5.92 Å². The van der Waals surface area contributed by atoms with Crippen molar-refractivity contribution >= 4 is 16.2 Å². The van der Waals surface area contributed by atoms with Crippen LogP contribution in [-0.4, -0.2) is 45.5 Å². The Morgan fingerprint density at radius 1 is 1.47 bits per heavy atom. The average molecular weight is 234 g/mol. The quantitative estimate of drug-likeness (QED) is 0.463. The van der Waals surface area contributed by atoms with E-state index in [2.05, 4.69) is 0 Å². The van der Waals surface area contributed by atoms with E-state index < -0.39 is 20.1 Å². The van der Waals surface area contributed by atoms with Gasteiger partial charge in [0.05, 0.1) is 24.8 Å². The first-order valence-electron chi connectivity index (χ1n) is 5.36. The Labute approximate surface area is 92.0 Å². The molecule has 15 heavy (non-hydrogen) atoms. The van der Waals surface area contributed by atoms with Gasteiger partial charge in [-0.15, -0.1) is 0 Å². The zero-order valence-corrected chi connectivity index (χ0v) is 10.3. The summed E-state index contributed by atoms with van der Waals surface area (Å²) < 4.78 is 30.5. The van der Waals surface area contributed by atoms with E-state index in [-0.39, 0.29) is 11.9 Å². The van der Waals surface area contributed by atoms with Crippen molar-refractivity contribution < 1.29 is 18.2 Å². The molecule has 2 unspecified atom stereocenters. The molecular weight excluding hydrogens is 217 g/mol. The summed E-state index contributed by atoms with van der Waals surface area (Å²) in [5.41, 5.74) is -0.466. The molecule has 0 aromatic carbocycles. The summed E-state index contributed by atoms with van der Waals surface area (Å²) in [6.07, 6.45) is -0.166. The Bertz CT molecular complexity index is 245. The summed E-state index contributed by atoms with van der Waals surface area (Å²) in [7, 11) is 0.978. The molecule has 86 valence electrons. The number of halogens is 1. The van der Waals surface area contributed by atoms with Gasteiger partial charge in [0.1, 0.15) is 14.0 Å². The third kappa shape index (κ3) is 2.08. The van der Waals surface area contributed by atoms with E-state index in [1.807, 2.05) is 13.6 Å². The molecule has 3 nitrogen and oxygen atoms in total. The van der Waals surface area contributed by atoms with E-state index in [0.29, 0.717) is 13.2 Å². The molecule has 2 heterocycles. The van der Waals surface area contributed by atoms with Crippen molar-refractivity contribution in [3.05, 3.63) is 0 Å². The van der Waals surface area contributed by atoms with Gasteiger partial charge < -0.3 is 13.8 Å². The second-order valence-corrected chi connectivity index (χ2v) is 5.81. The Hall–Kier alpha value is 0.305. The highest BCUT2D eigenvalue weighted by Crippen LogP contribution is 2.46. The van der Waals surface area contributed by atoms with Crippen LogP contribution in [0.2, 0.25) is 0 Å². The van der Waals surface area contributed by atoms with Crippen LogP contribution in [0.1, 0.15) is 13.3 Å². The molecular formula is C9H17BFO3P. The van der Waals surface area contributed by atoms with Crippen LogP contribution < -0.4 is 0 Å². The standard InChI is InChI=1S/C9H17BFO3P/c1-6-7(11)8(10)14-9(6)3-4-12-15(2)13-5-9/h6-8H,3-5,10H2,1-2H3/t6-,7?,8-,9-,15?/m1/s1. The Balaban J connectivity index is 2.12. The summed E-state index contributed by atoms with van der Waals surface area (Å²) in [4.78, 5) is 0. The lowest BCUT2D eigenvalue weighted by Gasteiger charge is -2.30. The van der Waals surface area contributed by atoms with E-state index in [0.717, 1.165) is 6.42 Å². The minimum atomic E-state index is -0.894. The summed E-state index contributed by atoms with van der Waals surface area (Å²) >= 11 is 0. The van der Waals surface area contributed by atoms with Crippen LogP contribution in [0.15, 0.2) is 0 Å². The summed E-state index contributed by atoms with van der Waals surface area (Å²) in [5.74, 6) is -0.113. The molecule has 0 aromatic rings. The van der Waals surface area contributed by atoms with Gasteiger partial charge in [-0.2, -0.15) is 0 Å². The molecule has 2 aliphatic rings. The van der Waals surface area contributed by atoms with Gasteiger partial charge >= 0.3 is 0 Å². The van der Waals surface area contributed by atoms with Crippen LogP contribution in [0, 0.1) is 5.92 Å². The van der Waals surface area contributed by atoms with Crippen LogP contribution in [0.25, 0.3) is 0 Å². The van der Waals surface area contributed by atoms with Crippen molar-refractivity contribution in [1.29, 1.82) is 0 Å². The van der Waals surface area contributed by atoms with Crippen molar-refractivity contribution in [1.82, 2.24) is 0 Å². The number of hydrogen-bond donors (Lipinski definition) is 0. The maximum absolute atomic E-state index is 13.8. The van der Waals surface area contributed by atoms with Crippen LogP contribution in [0.4, 0.5) is 4.39 Å². The second-order valence-electron chi connectivity index (χ2n) is 4.42.